The van der Waals surface area contributed by atoms with Crippen LogP contribution in [0, 0.1) is 0 Å². The quantitative estimate of drug-likeness (QED) is 0.620. The van der Waals surface area contributed by atoms with Crippen LogP contribution >= 0.6 is 0 Å². The molecule has 1 nitrogen and oxygen atoms in total. The molecule has 0 radical (unpaired) electrons. The van der Waals surface area contributed by atoms with Gasteiger partial charge >= 0.3 is 0 Å². The lowest BCUT2D eigenvalue weighted by Crippen LogP contribution is -2.14. The Morgan fingerprint density at radius 3 is 2.32 bits per heavy atom. The first-order valence-corrected chi connectivity index (χ1v) is 7.61. The molecule has 0 aliphatic rings. The molecule has 1 aromatic carbocycles. The SMILES string of the molecule is CC(C)OCCCCCc1ccccc1C(C)(C)C. The van der Waals surface area contributed by atoms with Crippen LogP contribution in [-0.4, -0.2) is 12.7 Å². The summed E-state index contributed by atoms with van der Waals surface area (Å²) < 4.78 is 5.57. The molecular weight excluding hydrogens is 232 g/mol. The number of ether oxygens (including phenoxy) is 1. The van der Waals surface area contributed by atoms with E-state index in [0.717, 1.165) is 6.61 Å². The molecule has 0 aliphatic carbocycles. The standard InChI is InChI=1S/C18H30O/c1-15(2)19-14-10-6-7-11-16-12-8-9-13-17(16)18(3,4)5/h8-9,12-13,15H,6-7,10-11,14H2,1-5H3. The van der Waals surface area contributed by atoms with E-state index in [2.05, 4.69) is 58.9 Å². The van der Waals surface area contributed by atoms with E-state index >= 15 is 0 Å². The van der Waals surface area contributed by atoms with Crippen molar-refractivity contribution in [3.8, 4) is 0 Å². The highest BCUT2D eigenvalue weighted by Gasteiger charge is 2.16. The molecule has 1 heteroatoms. The van der Waals surface area contributed by atoms with E-state index in [9.17, 15) is 0 Å². The molecule has 1 aromatic rings. The maximum absolute atomic E-state index is 5.57. The lowest BCUT2D eigenvalue weighted by molar-refractivity contribution is 0.0758. The predicted octanol–water partition coefficient (Wildman–Crippen LogP) is 5.12. The summed E-state index contributed by atoms with van der Waals surface area (Å²) in [7, 11) is 0. The van der Waals surface area contributed by atoms with Gasteiger partial charge in [-0.3, -0.25) is 0 Å². The molecule has 0 aromatic heterocycles. The second-order valence-corrected chi connectivity index (χ2v) is 6.64. The molecule has 0 N–H and O–H groups in total. The van der Waals surface area contributed by atoms with Crippen LogP contribution in [0.2, 0.25) is 0 Å². The third-order valence-electron chi connectivity index (χ3n) is 3.37. The Balaban J connectivity index is 2.37. The highest BCUT2D eigenvalue weighted by atomic mass is 16.5. The van der Waals surface area contributed by atoms with Gasteiger partial charge < -0.3 is 4.74 Å². The highest BCUT2D eigenvalue weighted by molar-refractivity contribution is 5.32. The molecular formula is C18H30O. The van der Waals surface area contributed by atoms with E-state index in [4.69, 9.17) is 4.74 Å². The van der Waals surface area contributed by atoms with Gasteiger partial charge in [0.05, 0.1) is 6.10 Å². The molecule has 19 heavy (non-hydrogen) atoms. The summed E-state index contributed by atoms with van der Waals surface area (Å²) in [6, 6.07) is 8.87. The van der Waals surface area contributed by atoms with Gasteiger partial charge in [-0.25, -0.2) is 0 Å². The van der Waals surface area contributed by atoms with Crippen molar-refractivity contribution < 1.29 is 4.74 Å². The molecule has 0 spiro atoms. The Morgan fingerprint density at radius 1 is 1.00 bits per heavy atom. The van der Waals surface area contributed by atoms with E-state index in [0.29, 0.717) is 6.10 Å². The topological polar surface area (TPSA) is 9.23 Å². The zero-order chi connectivity index (χ0) is 14.3. The Morgan fingerprint density at radius 2 is 1.68 bits per heavy atom. The second kappa shape index (κ2) is 7.69. The van der Waals surface area contributed by atoms with Gasteiger partial charge in [-0.2, -0.15) is 0 Å². The van der Waals surface area contributed by atoms with Crippen LogP contribution in [0.4, 0.5) is 0 Å². The number of unbranched alkanes of at least 4 members (excludes halogenated alkanes) is 2. The fourth-order valence-electron chi connectivity index (χ4n) is 2.38. The third-order valence-corrected chi connectivity index (χ3v) is 3.37. The van der Waals surface area contributed by atoms with Gasteiger partial charge in [0.25, 0.3) is 0 Å². The van der Waals surface area contributed by atoms with Crippen molar-refractivity contribution in [1.29, 1.82) is 0 Å². The lowest BCUT2D eigenvalue weighted by atomic mass is 9.82. The molecule has 0 fully saturated rings. The van der Waals surface area contributed by atoms with Crippen molar-refractivity contribution >= 4 is 0 Å². The van der Waals surface area contributed by atoms with E-state index in [1.54, 1.807) is 0 Å². The summed E-state index contributed by atoms with van der Waals surface area (Å²) in [6.07, 6.45) is 5.24. The molecule has 0 aliphatic heterocycles. The zero-order valence-corrected chi connectivity index (χ0v) is 13.3. The van der Waals surface area contributed by atoms with Crippen LogP contribution < -0.4 is 0 Å². The summed E-state index contributed by atoms with van der Waals surface area (Å²) in [5.74, 6) is 0. The number of hydrogen-bond donors (Lipinski definition) is 0. The van der Waals surface area contributed by atoms with Gasteiger partial charge in [-0.05, 0) is 49.7 Å². The number of hydrogen-bond acceptors (Lipinski definition) is 1. The van der Waals surface area contributed by atoms with Crippen molar-refractivity contribution in [2.45, 2.75) is 71.8 Å². The van der Waals surface area contributed by atoms with Gasteiger partial charge in [0.15, 0.2) is 0 Å². The van der Waals surface area contributed by atoms with Crippen LogP contribution in [-0.2, 0) is 16.6 Å². The maximum atomic E-state index is 5.57. The smallest absolute Gasteiger partial charge is 0.0518 e. The Hall–Kier alpha value is -0.820. The van der Waals surface area contributed by atoms with E-state index in [1.165, 1.54) is 36.8 Å². The number of rotatable bonds is 7. The largest absolute Gasteiger partial charge is 0.379 e. The second-order valence-electron chi connectivity index (χ2n) is 6.64. The molecule has 0 saturated heterocycles. The van der Waals surface area contributed by atoms with Crippen LogP contribution in [0.15, 0.2) is 24.3 Å². The van der Waals surface area contributed by atoms with E-state index < -0.39 is 0 Å². The van der Waals surface area contributed by atoms with Gasteiger partial charge in [0, 0.05) is 6.61 Å². The normalized spacial score (nSPS) is 12.1. The van der Waals surface area contributed by atoms with Crippen molar-refractivity contribution in [3.05, 3.63) is 35.4 Å². The fourth-order valence-corrected chi connectivity index (χ4v) is 2.38. The minimum Gasteiger partial charge on any atom is -0.379 e. The summed E-state index contributed by atoms with van der Waals surface area (Å²) in [4.78, 5) is 0. The molecule has 0 heterocycles. The van der Waals surface area contributed by atoms with Crippen molar-refractivity contribution in [3.63, 3.8) is 0 Å². The molecule has 0 bridgehead atoms. The Bertz CT molecular complexity index is 360. The average molecular weight is 262 g/mol. The van der Waals surface area contributed by atoms with Crippen molar-refractivity contribution in [2.24, 2.45) is 0 Å². The number of aryl methyl sites for hydroxylation is 1. The first kappa shape index (κ1) is 16.2. The van der Waals surface area contributed by atoms with Crippen molar-refractivity contribution in [2.75, 3.05) is 6.61 Å². The van der Waals surface area contributed by atoms with Gasteiger partial charge in [0.2, 0.25) is 0 Å². The first-order chi connectivity index (χ1) is 8.91. The van der Waals surface area contributed by atoms with Gasteiger partial charge in [0.1, 0.15) is 0 Å². The fraction of sp³-hybridized carbons (Fsp3) is 0.667. The monoisotopic (exact) mass is 262 g/mol. The third kappa shape index (κ3) is 6.24. The van der Waals surface area contributed by atoms with Gasteiger partial charge in [-0.1, -0.05) is 51.5 Å². The maximum Gasteiger partial charge on any atom is 0.0518 e. The highest BCUT2D eigenvalue weighted by Crippen LogP contribution is 2.26. The molecule has 0 atom stereocenters. The molecule has 0 unspecified atom stereocenters. The van der Waals surface area contributed by atoms with Crippen molar-refractivity contribution in [1.82, 2.24) is 0 Å². The van der Waals surface area contributed by atoms with E-state index in [1.807, 2.05) is 0 Å². The first-order valence-electron chi connectivity index (χ1n) is 7.61. The molecule has 0 saturated carbocycles. The van der Waals surface area contributed by atoms with Crippen LogP contribution in [0.3, 0.4) is 0 Å². The summed E-state index contributed by atoms with van der Waals surface area (Å²) >= 11 is 0. The average Bonchev–Trinajstić information content (AvgIpc) is 2.32. The molecule has 1 rings (SSSR count). The number of benzene rings is 1. The summed E-state index contributed by atoms with van der Waals surface area (Å²) in [5, 5.41) is 0. The van der Waals surface area contributed by atoms with E-state index in [-0.39, 0.29) is 5.41 Å². The minimum atomic E-state index is 0.247. The summed E-state index contributed by atoms with van der Waals surface area (Å²) in [5.41, 5.74) is 3.25. The van der Waals surface area contributed by atoms with Crippen LogP contribution in [0.25, 0.3) is 0 Å². The Kier molecular flexibility index (Phi) is 6.57. The zero-order valence-electron chi connectivity index (χ0n) is 13.3. The lowest BCUT2D eigenvalue weighted by Gasteiger charge is -2.23. The minimum absolute atomic E-state index is 0.247. The van der Waals surface area contributed by atoms with Gasteiger partial charge in [-0.15, -0.1) is 0 Å². The molecule has 108 valence electrons. The molecule has 0 amide bonds. The predicted molar refractivity (Wildman–Crippen MR) is 83.8 cm³/mol. The van der Waals surface area contributed by atoms with Crippen LogP contribution in [0.5, 0.6) is 0 Å². The summed E-state index contributed by atoms with van der Waals surface area (Å²) in [6.45, 7) is 12.0. The Labute approximate surface area is 119 Å². The van der Waals surface area contributed by atoms with Crippen LogP contribution in [0.1, 0.15) is 65.0 Å².